The number of benzene rings is 1. The summed E-state index contributed by atoms with van der Waals surface area (Å²) < 4.78 is 1.88. The van der Waals surface area contributed by atoms with Crippen molar-refractivity contribution in [3.05, 3.63) is 52.8 Å². The van der Waals surface area contributed by atoms with Gasteiger partial charge in [0, 0.05) is 56.3 Å². The molecular formula is C19H25ClIN5. The molecule has 4 rings (SSSR count). The topological polar surface area (TPSA) is 45.5 Å². The molecular weight excluding hydrogens is 461 g/mol. The maximum absolute atomic E-state index is 6.12. The lowest BCUT2D eigenvalue weighted by Gasteiger charge is -2.21. The second-order valence-electron chi connectivity index (χ2n) is 7.07. The number of aliphatic imine (C=N–C) groups is 1. The third-order valence-electron chi connectivity index (χ3n) is 5.28. The van der Waals surface area contributed by atoms with Crippen LogP contribution >= 0.6 is 35.6 Å². The molecule has 0 radical (unpaired) electrons. The quantitative estimate of drug-likeness (QED) is 0.410. The Morgan fingerprint density at radius 1 is 1.35 bits per heavy atom. The number of aromatic nitrogens is 2. The van der Waals surface area contributed by atoms with Crippen molar-refractivity contribution in [2.24, 2.45) is 12.0 Å². The molecule has 3 unspecified atom stereocenters. The second-order valence-corrected chi connectivity index (χ2v) is 7.51. The van der Waals surface area contributed by atoms with Crippen LogP contribution in [-0.2, 0) is 7.05 Å². The maximum atomic E-state index is 6.12. The average Bonchev–Trinajstić information content (AvgIpc) is 2.99. The SMILES string of the molecule is CN=C(NC1CC1c1cccc(Cl)c1)N1CCC(c2cnn(C)c2)C1.I. The van der Waals surface area contributed by atoms with Crippen molar-refractivity contribution in [2.75, 3.05) is 20.1 Å². The third-order valence-corrected chi connectivity index (χ3v) is 5.51. The summed E-state index contributed by atoms with van der Waals surface area (Å²) in [5.41, 5.74) is 2.64. The van der Waals surface area contributed by atoms with Gasteiger partial charge in [-0.3, -0.25) is 9.67 Å². The lowest BCUT2D eigenvalue weighted by Crippen LogP contribution is -2.41. The van der Waals surface area contributed by atoms with Crippen molar-refractivity contribution in [1.29, 1.82) is 0 Å². The predicted molar refractivity (Wildman–Crippen MR) is 117 cm³/mol. The minimum atomic E-state index is 0. The zero-order valence-electron chi connectivity index (χ0n) is 15.1. The molecule has 1 saturated carbocycles. The first-order chi connectivity index (χ1) is 12.1. The van der Waals surface area contributed by atoms with Crippen LogP contribution in [0.4, 0.5) is 0 Å². The molecule has 1 saturated heterocycles. The first-order valence-corrected chi connectivity index (χ1v) is 9.24. The summed E-state index contributed by atoms with van der Waals surface area (Å²) >= 11 is 6.12. The number of likely N-dealkylation sites (tertiary alicyclic amines) is 1. The summed E-state index contributed by atoms with van der Waals surface area (Å²) in [5.74, 6) is 2.09. The van der Waals surface area contributed by atoms with Gasteiger partial charge >= 0.3 is 0 Å². The molecule has 1 aliphatic heterocycles. The van der Waals surface area contributed by atoms with E-state index in [4.69, 9.17) is 11.6 Å². The molecule has 0 spiro atoms. The molecule has 1 aliphatic carbocycles. The zero-order chi connectivity index (χ0) is 17.4. The van der Waals surface area contributed by atoms with Gasteiger partial charge in [0.1, 0.15) is 0 Å². The fourth-order valence-corrected chi connectivity index (χ4v) is 4.00. The number of nitrogens with zero attached hydrogens (tertiary/aromatic N) is 4. The van der Waals surface area contributed by atoms with E-state index in [2.05, 4.69) is 38.6 Å². The van der Waals surface area contributed by atoms with Gasteiger partial charge in [-0.05, 0) is 36.1 Å². The Labute approximate surface area is 176 Å². The van der Waals surface area contributed by atoms with E-state index < -0.39 is 0 Å². The molecule has 2 aromatic rings. The molecule has 2 heterocycles. The Hall–Kier alpha value is -1.28. The minimum absolute atomic E-state index is 0. The standard InChI is InChI=1S/C19H24ClN5.HI/c1-21-19(23-18-9-17(18)13-4-3-5-16(20)8-13)25-7-6-14(12-25)15-10-22-24(2)11-15;/h3-5,8,10-11,14,17-18H,6-7,9,12H2,1-2H3,(H,21,23);1H. The summed E-state index contributed by atoms with van der Waals surface area (Å²) in [6.07, 6.45) is 6.40. The first-order valence-electron chi connectivity index (χ1n) is 8.86. The Morgan fingerprint density at radius 3 is 2.88 bits per heavy atom. The summed E-state index contributed by atoms with van der Waals surface area (Å²) in [5, 5.41) is 8.75. The molecule has 1 N–H and O–H groups in total. The lowest BCUT2D eigenvalue weighted by atomic mass is 10.0. The van der Waals surface area contributed by atoms with Crippen LogP contribution in [0.1, 0.15) is 35.8 Å². The van der Waals surface area contributed by atoms with Crippen molar-refractivity contribution in [2.45, 2.75) is 30.7 Å². The Morgan fingerprint density at radius 2 is 2.19 bits per heavy atom. The first kappa shape index (κ1) is 19.5. The fraction of sp³-hybridized carbons (Fsp3) is 0.474. The third kappa shape index (κ3) is 4.17. The highest BCUT2D eigenvalue weighted by atomic mass is 127. The maximum Gasteiger partial charge on any atom is 0.193 e. The van der Waals surface area contributed by atoms with Crippen LogP contribution in [0.2, 0.25) is 5.02 Å². The molecule has 0 amide bonds. The second kappa shape index (κ2) is 8.17. The van der Waals surface area contributed by atoms with Crippen LogP contribution < -0.4 is 5.32 Å². The van der Waals surface area contributed by atoms with Gasteiger partial charge in [0.05, 0.1) is 6.20 Å². The van der Waals surface area contributed by atoms with E-state index >= 15 is 0 Å². The van der Waals surface area contributed by atoms with Gasteiger partial charge in [0.25, 0.3) is 0 Å². The number of nitrogens with one attached hydrogen (secondary N) is 1. The van der Waals surface area contributed by atoms with E-state index in [1.165, 1.54) is 11.1 Å². The van der Waals surface area contributed by atoms with Crippen molar-refractivity contribution in [1.82, 2.24) is 20.0 Å². The molecule has 26 heavy (non-hydrogen) atoms. The highest BCUT2D eigenvalue weighted by Crippen LogP contribution is 2.41. The molecule has 2 aliphatic rings. The van der Waals surface area contributed by atoms with Gasteiger partial charge in [0.2, 0.25) is 0 Å². The van der Waals surface area contributed by atoms with Gasteiger partial charge in [0.15, 0.2) is 5.96 Å². The zero-order valence-corrected chi connectivity index (χ0v) is 18.2. The molecule has 1 aromatic carbocycles. The number of aryl methyl sites for hydroxylation is 1. The molecule has 3 atom stereocenters. The van der Waals surface area contributed by atoms with Crippen molar-refractivity contribution in [3.8, 4) is 0 Å². The van der Waals surface area contributed by atoms with Gasteiger partial charge in [-0.15, -0.1) is 24.0 Å². The highest BCUT2D eigenvalue weighted by molar-refractivity contribution is 14.0. The Bertz CT molecular complexity index is 790. The molecule has 0 bridgehead atoms. The molecule has 140 valence electrons. The molecule has 7 heteroatoms. The molecule has 5 nitrogen and oxygen atoms in total. The van der Waals surface area contributed by atoms with Crippen LogP contribution in [0, 0.1) is 0 Å². The van der Waals surface area contributed by atoms with Crippen LogP contribution in [-0.4, -0.2) is 46.8 Å². The van der Waals surface area contributed by atoms with Crippen LogP contribution in [0.5, 0.6) is 0 Å². The van der Waals surface area contributed by atoms with E-state index in [0.29, 0.717) is 17.9 Å². The van der Waals surface area contributed by atoms with E-state index in [1.807, 2.05) is 37.1 Å². The highest BCUT2D eigenvalue weighted by Gasteiger charge is 2.40. The van der Waals surface area contributed by atoms with E-state index in [0.717, 1.165) is 36.9 Å². The average molecular weight is 486 g/mol. The van der Waals surface area contributed by atoms with Gasteiger partial charge in [-0.1, -0.05) is 23.7 Å². The number of rotatable bonds is 3. The largest absolute Gasteiger partial charge is 0.353 e. The van der Waals surface area contributed by atoms with Crippen molar-refractivity contribution >= 4 is 41.5 Å². The minimum Gasteiger partial charge on any atom is -0.353 e. The normalized spacial score (nSPS) is 25.1. The summed E-state index contributed by atoms with van der Waals surface area (Å²) in [6.45, 7) is 2.04. The number of hydrogen-bond donors (Lipinski definition) is 1. The molecule has 1 aromatic heterocycles. The van der Waals surface area contributed by atoms with E-state index in [1.54, 1.807) is 0 Å². The fourth-order valence-electron chi connectivity index (χ4n) is 3.80. The number of guanidine groups is 1. The van der Waals surface area contributed by atoms with Crippen molar-refractivity contribution in [3.63, 3.8) is 0 Å². The Kier molecular flexibility index (Phi) is 6.12. The van der Waals surface area contributed by atoms with Crippen LogP contribution in [0.15, 0.2) is 41.7 Å². The van der Waals surface area contributed by atoms with Crippen molar-refractivity contribution < 1.29 is 0 Å². The van der Waals surface area contributed by atoms with Gasteiger partial charge < -0.3 is 10.2 Å². The summed E-state index contributed by atoms with van der Waals surface area (Å²) in [7, 11) is 3.84. The monoisotopic (exact) mass is 485 g/mol. The van der Waals surface area contributed by atoms with Crippen LogP contribution in [0.25, 0.3) is 0 Å². The van der Waals surface area contributed by atoms with Gasteiger partial charge in [-0.2, -0.15) is 5.10 Å². The molecule has 2 fully saturated rings. The van der Waals surface area contributed by atoms with E-state index in [9.17, 15) is 0 Å². The predicted octanol–water partition coefficient (Wildman–Crippen LogP) is 3.61. The number of hydrogen-bond acceptors (Lipinski definition) is 2. The van der Waals surface area contributed by atoms with Gasteiger partial charge in [-0.25, -0.2) is 0 Å². The summed E-state index contributed by atoms with van der Waals surface area (Å²) in [4.78, 5) is 6.88. The Balaban J connectivity index is 0.00000196. The van der Waals surface area contributed by atoms with Crippen LogP contribution in [0.3, 0.4) is 0 Å². The number of halogens is 2. The lowest BCUT2D eigenvalue weighted by molar-refractivity contribution is 0.484. The smallest absolute Gasteiger partial charge is 0.193 e. The summed E-state index contributed by atoms with van der Waals surface area (Å²) in [6, 6.07) is 8.65. The van der Waals surface area contributed by atoms with E-state index in [-0.39, 0.29) is 24.0 Å².